The van der Waals surface area contributed by atoms with Crippen molar-refractivity contribution < 1.29 is 10.2 Å². The fraction of sp³-hybridized carbons (Fsp3) is 0.516. The number of aliphatic hydroxyl groups is 2. The Hall–Kier alpha value is -2.71. The van der Waals surface area contributed by atoms with E-state index in [1.54, 1.807) is 9.13 Å². The number of rotatable bonds is 10. The third-order valence-corrected chi connectivity index (χ3v) is 7.94. The van der Waals surface area contributed by atoms with Crippen LogP contribution < -0.4 is 5.69 Å². The molecule has 7 nitrogen and oxygen atoms in total. The van der Waals surface area contributed by atoms with Crippen molar-refractivity contribution in [2.24, 2.45) is 0 Å². The van der Waals surface area contributed by atoms with E-state index in [9.17, 15) is 15.0 Å². The first-order chi connectivity index (χ1) is 18.6. The third-order valence-electron chi connectivity index (χ3n) is 7.94. The second-order valence-corrected chi connectivity index (χ2v) is 11.0. The summed E-state index contributed by atoms with van der Waals surface area (Å²) in [7, 11) is 0. The van der Waals surface area contributed by atoms with Gasteiger partial charge in [-0.25, -0.2) is 4.79 Å². The zero-order chi connectivity index (χ0) is 26.3. The lowest BCUT2D eigenvalue weighted by Crippen LogP contribution is -2.41. The summed E-state index contributed by atoms with van der Waals surface area (Å²) in [6, 6.07) is 19.9. The molecule has 2 fully saturated rings. The molecule has 204 valence electrons. The molecule has 0 unspecified atom stereocenters. The van der Waals surface area contributed by atoms with E-state index in [1.807, 2.05) is 60.7 Å². The maximum atomic E-state index is 14.1. The van der Waals surface area contributed by atoms with Gasteiger partial charge in [-0.1, -0.05) is 73.5 Å². The summed E-state index contributed by atoms with van der Waals surface area (Å²) in [5, 5.41) is 22.3. The summed E-state index contributed by atoms with van der Waals surface area (Å²) in [5.74, 6) is 0. The smallest absolute Gasteiger partial charge is 0.329 e. The first-order valence-corrected chi connectivity index (χ1v) is 14.3. The average molecular weight is 519 g/mol. The SMILES string of the molecule is O=c1n(C[C@H](O)CN2CCCCC2)c(-c2ccccc2)c(-c2ccccc2)n1C[C@H](O)CN1CCCCC1. The van der Waals surface area contributed by atoms with Crippen LogP contribution in [0.15, 0.2) is 65.5 Å². The van der Waals surface area contributed by atoms with E-state index in [-0.39, 0.29) is 18.8 Å². The highest BCUT2D eigenvalue weighted by Gasteiger charge is 2.26. The second kappa shape index (κ2) is 12.9. The summed E-state index contributed by atoms with van der Waals surface area (Å²) in [4.78, 5) is 18.7. The van der Waals surface area contributed by atoms with Gasteiger partial charge in [0.25, 0.3) is 0 Å². The highest BCUT2D eigenvalue weighted by molar-refractivity contribution is 5.79. The lowest BCUT2D eigenvalue weighted by atomic mass is 10.0. The molecule has 0 radical (unpaired) electrons. The van der Waals surface area contributed by atoms with Gasteiger partial charge in [-0.2, -0.15) is 0 Å². The summed E-state index contributed by atoms with van der Waals surface area (Å²) < 4.78 is 3.47. The van der Waals surface area contributed by atoms with Crippen molar-refractivity contribution in [3.05, 3.63) is 71.1 Å². The van der Waals surface area contributed by atoms with Gasteiger partial charge in [-0.3, -0.25) is 9.13 Å². The standard InChI is InChI=1S/C31H42N4O3/c36-27(21-32-17-9-3-10-18-32)23-34-29(25-13-5-1-6-14-25)30(26-15-7-2-8-16-26)35(31(34)38)24-28(37)22-33-19-11-4-12-20-33/h1-2,5-8,13-16,27-28,36-37H,3-4,9-12,17-24H2/t27-,28-/m1/s1. The molecule has 2 aliphatic rings. The molecule has 2 aliphatic heterocycles. The van der Waals surface area contributed by atoms with E-state index in [1.165, 1.54) is 12.8 Å². The number of hydrogen-bond donors (Lipinski definition) is 2. The molecule has 5 rings (SSSR count). The van der Waals surface area contributed by atoms with Crippen LogP contribution in [0.3, 0.4) is 0 Å². The van der Waals surface area contributed by atoms with Crippen molar-refractivity contribution in [2.75, 3.05) is 39.3 Å². The van der Waals surface area contributed by atoms with Crippen LogP contribution >= 0.6 is 0 Å². The van der Waals surface area contributed by atoms with Gasteiger partial charge in [0.05, 0.1) is 36.7 Å². The van der Waals surface area contributed by atoms with E-state index < -0.39 is 12.2 Å². The zero-order valence-corrected chi connectivity index (χ0v) is 22.4. The van der Waals surface area contributed by atoms with Crippen LogP contribution in [0.1, 0.15) is 38.5 Å². The summed E-state index contributed by atoms with van der Waals surface area (Å²) in [6.45, 7) is 5.54. The molecule has 3 aromatic rings. The van der Waals surface area contributed by atoms with E-state index in [4.69, 9.17) is 0 Å². The molecule has 7 heteroatoms. The van der Waals surface area contributed by atoms with Gasteiger partial charge < -0.3 is 20.0 Å². The predicted molar refractivity (Wildman–Crippen MR) is 152 cm³/mol. The van der Waals surface area contributed by atoms with Crippen molar-refractivity contribution in [1.29, 1.82) is 0 Å². The van der Waals surface area contributed by atoms with Gasteiger partial charge in [0.2, 0.25) is 0 Å². The van der Waals surface area contributed by atoms with E-state index in [0.717, 1.165) is 74.4 Å². The van der Waals surface area contributed by atoms with Crippen LogP contribution in [-0.2, 0) is 13.1 Å². The molecule has 2 saturated heterocycles. The minimum absolute atomic E-state index is 0.182. The third kappa shape index (κ3) is 6.46. The van der Waals surface area contributed by atoms with Gasteiger partial charge in [0, 0.05) is 24.2 Å². The quantitative estimate of drug-likeness (QED) is 0.428. The first kappa shape index (κ1) is 26.9. The van der Waals surface area contributed by atoms with Gasteiger partial charge in [-0.15, -0.1) is 0 Å². The van der Waals surface area contributed by atoms with Gasteiger partial charge in [0.15, 0.2) is 0 Å². The maximum Gasteiger partial charge on any atom is 0.329 e. The minimum atomic E-state index is -0.661. The fourth-order valence-corrected chi connectivity index (χ4v) is 6.13. The number of piperidine rings is 2. The number of benzene rings is 2. The van der Waals surface area contributed by atoms with Crippen molar-refractivity contribution in [3.63, 3.8) is 0 Å². The molecule has 3 heterocycles. The second-order valence-electron chi connectivity index (χ2n) is 11.0. The van der Waals surface area contributed by atoms with Crippen molar-refractivity contribution >= 4 is 0 Å². The van der Waals surface area contributed by atoms with E-state index >= 15 is 0 Å². The molecule has 0 bridgehead atoms. The summed E-state index contributed by atoms with van der Waals surface area (Å²) in [6.07, 6.45) is 5.80. The molecule has 1 aromatic heterocycles. The Morgan fingerprint density at radius 2 is 0.921 bits per heavy atom. The van der Waals surface area contributed by atoms with Crippen LogP contribution in [0.25, 0.3) is 22.5 Å². The van der Waals surface area contributed by atoms with E-state index in [2.05, 4.69) is 9.80 Å². The lowest BCUT2D eigenvalue weighted by molar-refractivity contribution is 0.0843. The number of imidazole rings is 1. The molecule has 2 aromatic carbocycles. The minimum Gasteiger partial charge on any atom is -0.390 e. The Morgan fingerprint density at radius 1 is 0.553 bits per heavy atom. The van der Waals surface area contributed by atoms with Crippen LogP contribution in [-0.4, -0.2) is 80.6 Å². The Balaban J connectivity index is 1.53. The maximum absolute atomic E-state index is 14.1. The first-order valence-electron chi connectivity index (χ1n) is 14.3. The lowest BCUT2D eigenvalue weighted by Gasteiger charge is -2.28. The largest absolute Gasteiger partial charge is 0.390 e. The van der Waals surface area contributed by atoms with Crippen LogP contribution in [0.2, 0.25) is 0 Å². The highest BCUT2D eigenvalue weighted by atomic mass is 16.3. The predicted octanol–water partition coefficient (Wildman–Crippen LogP) is 3.68. The molecule has 0 spiro atoms. The molecule has 0 saturated carbocycles. The molecule has 2 atom stereocenters. The van der Waals surface area contributed by atoms with Crippen molar-refractivity contribution in [3.8, 4) is 22.5 Å². The Bertz CT molecular complexity index is 1100. The number of likely N-dealkylation sites (tertiary alicyclic amines) is 2. The van der Waals surface area contributed by atoms with Crippen LogP contribution in [0, 0.1) is 0 Å². The normalized spacial score (nSPS) is 18.9. The fourth-order valence-electron chi connectivity index (χ4n) is 6.13. The number of nitrogens with zero attached hydrogens (tertiary/aromatic N) is 4. The van der Waals surface area contributed by atoms with Crippen molar-refractivity contribution in [1.82, 2.24) is 18.9 Å². The molecule has 0 amide bonds. The average Bonchev–Trinajstić information content (AvgIpc) is 3.21. The molecule has 38 heavy (non-hydrogen) atoms. The number of hydrogen-bond acceptors (Lipinski definition) is 5. The molecule has 2 N–H and O–H groups in total. The number of aliphatic hydroxyl groups excluding tert-OH is 2. The van der Waals surface area contributed by atoms with Crippen LogP contribution in [0.4, 0.5) is 0 Å². The summed E-state index contributed by atoms with van der Waals surface area (Å²) in [5.41, 5.74) is 3.27. The Kier molecular flexibility index (Phi) is 9.12. The van der Waals surface area contributed by atoms with Gasteiger partial charge in [0.1, 0.15) is 0 Å². The molecular formula is C31H42N4O3. The topological polar surface area (TPSA) is 73.9 Å². The van der Waals surface area contributed by atoms with Crippen molar-refractivity contribution in [2.45, 2.75) is 63.8 Å². The Labute approximate surface area is 225 Å². The molecular weight excluding hydrogens is 476 g/mol. The van der Waals surface area contributed by atoms with Crippen LogP contribution in [0.5, 0.6) is 0 Å². The highest BCUT2D eigenvalue weighted by Crippen LogP contribution is 2.32. The number of β-amino-alcohol motifs (C(OH)–C–C–N with tert-alkyl or cyclic N) is 2. The van der Waals surface area contributed by atoms with Gasteiger partial charge >= 0.3 is 5.69 Å². The van der Waals surface area contributed by atoms with E-state index in [0.29, 0.717) is 13.1 Å². The van der Waals surface area contributed by atoms with Gasteiger partial charge in [-0.05, 0) is 51.9 Å². The number of aromatic nitrogens is 2. The zero-order valence-electron chi connectivity index (χ0n) is 22.4. The monoisotopic (exact) mass is 518 g/mol. The Morgan fingerprint density at radius 3 is 1.29 bits per heavy atom. The molecule has 0 aliphatic carbocycles. The summed E-state index contributed by atoms with van der Waals surface area (Å²) >= 11 is 0.